The lowest BCUT2D eigenvalue weighted by molar-refractivity contribution is 0.169. The van der Waals surface area contributed by atoms with Crippen molar-refractivity contribution in [2.24, 2.45) is 17.5 Å². The van der Waals surface area contributed by atoms with Crippen molar-refractivity contribution in [3.05, 3.63) is 21.9 Å². The van der Waals surface area contributed by atoms with Crippen LogP contribution in [-0.2, 0) is 13.6 Å². The van der Waals surface area contributed by atoms with Gasteiger partial charge in [-0.1, -0.05) is 37.0 Å². The van der Waals surface area contributed by atoms with E-state index in [4.69, 9.17) is 23.2 Å². The van der Waals surface area contributed by atoms with Crippen molar-refractivity contribution in [2.75, 3.05) is 19.7 Å². The Morgan fingerprint density at radius 3 is 2.38 bits per heavy atom. The van der Waals surface area contributed by atoms with Gasteiger partial charge in [-0.05, 0) is 37.7 Å². The molecule has 5 nitrogen and oxygen atoms in total. The van der Waals surface area contributed by atoms with Crippen LogP contribution in [0.5, 0.6) is 0 Å². The number of nitrogens with zero attached hydrogens (tertiary/aromatic N) is 2. The second kappa shape index (κ2) is 10.2. The highest BCUT2D eigenvalue weighted by Crippen LogP contribution is 2.29. The van der Waals surface area contributed by atoms with Gasteiger partial charge >= 0.3 is 0 Å². The summed E-state index contributed by atoms with van der Waals surface area (Å²) in [6.07, 6.45) is 2.81. The second-order valence-corrected chi connectivity index (χ2v) is 6.83. The van der Waals surface area contributed by atoms with Crippen molar-refractivity contribution < 1.29 is 5.11 Å². The summed E-state index contributed by atoms with van der Waals surface area (Å²) in [5.74, 6) is 0.759. The zero-order chi connectivity index (χ0) is 18.2. The number of aliphatic hydroxyl groups is 1. The van der Waals surface area contributed by atoms with Gasteiger partial charge < -0.3 is 20.3 Å². The fraction of sp³-hybridized carbons (Fsp3) is 0.706. The molecule has 0 aliphatic carbocycles. The number of rotatable bonds is 9. The van der Waals surface area contributed by atoms with Gasteiger partial charge in [-0.15, -0.1) is 0 Å². The van der Waals surface area contributed by atoms with E-state index in [9.17, 15) is 5.11 Å². The molecule has 0 radical (unpaired) electrons. The molecule has 0 unspecified atom stereocenters. The number of hydrogen-bond donors (Lipinski definition) is 3. The molecule has 7 heteroatoms. The molecule has 0 saturated heterocycles. The zero-order valence-electron chi connectivity index (χ0n) is 15.1. The van der Waals surface area contributed by atoms with Crippen LogP contribution in [-0.4, -0.2) is 35.3 Å². The summed E-state index contributed by atoms with van der Waals surface area (Å²) in [4.78, 5) is 4.62. The molecule has 0 bridgehead atoms. The van der Waals surface area contributed by atoms with Crippen LogP contribution < -0.4 is 10.6 Å². The smallest absolute Gasteiger partial charge is 0.191 e. The lowest BCUT2D eigenvalue weighted by atomic mass is 9.79. The van der Waals surface area contributed by atoms with Crippen molar-refractivity contribution >= 4 is 29.2 Å². The van der Waals surface area contributed by atoms with Gasteiger partial charge in [0.25, 0.3) is 0 Å². The minimum absolute atomic E-state index is 0.0858. The SMILES string of the molecule is CCNC(=NCc1cc(Cl)c(Cl)n1C)NCC(CC)(CC)CCO. The molecule has 3 N–H and O–H groups in total. The lowest BCUT2D eigenvalue weighted by Crippen LogP contribution is -2.43. The Morgan fingerprint density at radius 2 is 1.92 bits per heavy atom. The summed E-state index contributed by atoms with van der Waals surface area (Å²) >= 11 is 12.1. The molecule has 1 aromatic rings. The minimum atomic E-state index is 0.0858. The molecule has 24 heavy (non-hydrogen) atoms. The zero-order valence-corrected chi connectivity index (χ0v) is 16.6. The molecular formula is C17H30Cl2N4O. The molecule has 1 heterocycles. The average Bonchev–Trinajstić information content (AvgIpc) is 2.83. The van der Waals surface area contributed by atoms with Gasteiger partial charge in [-0.3, -0.25) is 0 Å². The van der Waals surface area contributed by atoms with Gasteiger partial charge in [-0.2, -0.15) is 0 Å². The van der Waals surface area contributed by atoms with Crippen molar-refractivity contribution in [3.63, 3.8) is 0 Å². The first-order valence-electron chi connectivity index (χ1n) is 8.55. The highest BCUT2D eigenvalue weighted by molar-refractivity contribution is 6.41. The van der Waals surface area contributed by atoms with E-state index in [0.717, 1.165) is 44.0 Å². The number of hydrogen-bond acceptors (Lipinski definition) is 2. The number of nitrogens with one attached hydrogen (secondary N) is 2. The molecule has 1 aromatic heterocycles. The average molecular weight is 377 g/mol. The molecular weight excluding hydrogens is 347 g/mol. The fourth-order valence-corrected chi connectivity index (χ4v) is 3.11. The summed E-state index contributed by atoms with van der Waals surface area (Å²) in [6, 6.07) is 1.84. The molecule has 0 saturated carbocycles. The first kappa shape index (κ1) is 21.1. The maximum absolute atomic E-state index is 9.34. The maximum atomic E-state index is 9.34. The van der Waals surface area contributed by atoms with E-state index < -0.39 is 0 Å². The quantitative estimate of drug-likeness (QED) is 0.455. The largest absolute Gasteiger partial charge is 0.396 e. The van der Waals surface area contributed by atoms with Crippen LogP contribution in [0, 0.1) is 5.41 Å². The highest BCUT2D eigenvalue weighted by Gasteiger charge is 2.25. The van der Waals surface area contributed by atoms with E-state index in [2.05, 4.69) is 29.5 Å². The number of guanidine groups is 1. The van der Waals surface area contributed by atoms with E-state index in [1.807, 2.05) is 24.6 Å². The van der Waals surface area contributed by atoms with Crippen LogP contribution in [0.4, 0.5) is 0 Å². The normalized spacial score (nSPS) is 12.5. The summed E-state index contributed by atoms with van der Waals surface area (Å²) in [5.41, 5.74) is 1.04. The van der Waals surface area contributed by atoms with E-state index in [1.165, 1.54) is 0 Å². The van der Waals surface area contributed by atoms with Gasteiger partial charge in [0.15, 0.2) is 5.96 Å². The summed E-state index contributed by atoms with van der Waals surface area (Å²) in [5, 5.41) is 17.1. The second-order valence-electron chi connectivity index (χ2n) is 6.06. The third-order valence-electron chi connectivity index (χ3n) is 4.73. The predicted molar refractivity (Wildman–Crippen MR) is 103 cm³/mol. The van der Waals surface area contributed by atoms with Crippen molar-refractivity contribution in [3.8, 4) is 0 Å². The Balaban J connectivity index is 2.80. The van der Waals surface area contributed by atoms with Gasteiger partial charge in [0.2, 0.25) is 0 Å². The molecule has 1 rings (SSSR count). The Bertz CT molecular complexity index is 539. The number of halogens is 2. The Morgan fingerprint density at radius 1 is 1.25 bits per heavy atom. The molecule has 0 aliphatic heterocycles. The third kappa shape index (κ3) is 5.57. The molecule has 138 valence electrons. The highest BCUT2D eigenvalue weighted by atomic mass is 35.5. The van der Waals surface area contributed by atoms with Crippen LogP contribution in [0.3, 0.4) is 0 Å². The summed E-state index contributed by atoms with van der Waals surface area (Å²) in [7, 11) is 1.87. The Labute approximate surface area is 155 Å². The minimum Gasteiger partial charge on any atom is -0.396 e. The standard InChI is InChI=1S/C17H30Cl2N4O/c1-5-17(6-2,8-9-24)12-22-16(20-7-3)21-11-13-10-14(18)15(19)23(13)4/h10,24H,5-9,11-12H2,1-4H3,(H2,20,21,22). The molecule has 0 aromatic carbocycles. The van der Waals surface area contributed by atoms with E-state index in [1.54, 1.807) is 0 Å². The van der Waals surface area contributed by atoms with Crippen molar-refractivity contribution in [1.82, 2.24) is 15.2 Å². The first-order chi connectivity index (χ1) is 11.4. The number of aliphatic imine (C=N–C) groups is 1. The maximum Gasteiger partial charge on any atom is 0.191 e. The van der Waals surface area contributed by atoms with Crippen LogP contribution in [0.15, 0.2) is 11.1 Å². The van der Waals surface area contributed by atoms with Crippen LogP contribution in [0.2, 0.25) is 10.2 Å². The van der Waals surface area contributed by atoms with Crippen LogP contribution >= 0.6 is 23.2 Å². The predicted octanol–water partition coefficient (Wildman–Crippen LogP) is 3.58. The molecule has 0 aliphatic rings. The Hall–Kier alpha value is -0.910. The van der Waals surface area contributed by atoms with Gasteiger partial charge in [0, 0.05) is 32.4 Å². The summed E-state index contributed by atoms with van der Waals surface area (Å²) < 4.78 is 1.84. The third-order valence-corrected chi connectivity index (χ3v) is 5.57. The van der Waals surface area contributed by atoms with Gasteiger partial charge in [0.1, 0.15) is 5.15 Å². The lowest BCUT2D eigenvalue weighted by Gasteiger charge is -2.32. The number of aromatic nitrogens is 1. The van der Waals surface area contributed by atoms with Crippen molar-refractivity contribution in [2.45, 2.75) is 46.6 Å². The molecule has 0 fully saturated rings. The fourth-order valence-electron chi connectivity index (χ4n) is 2.69. The van der Waals surface area contributed by atoms with E-state index in [0.29, 0.717) is 16.7 Å². The summed E-state index contributed by atoms with van der Waals surface area (Å²) in [6.45, 7) is 8.62. The van der Waals surface area contributed by atoms with E-state index >= 15 is 0 Å². The Kier molecular flexibility index (Phi) is 8.95. The first-order valence-corrected chi connectivity index (χ1v) is 9.31. The van der Waals surface area contributed by atoms with Gasteiger partial charge in [-0.25, -0.2) is 4.99 Å². The monoisotopic (exact) mass is 376 g/mol. The molecule has 0 spiro atoms. The molecule has 0 amide bonds. The van der Waals surface area contributed by atoms with Crippen LogP contribution in [0.1, 0.15) is 45.7 Å². The molecule has 0 atom stereocenters. The van der Waals surface area contributed by atoms with Crippen LogP contribution in [0.25, 0.3) is 0 Å². The number of aliphatic hydroxyl groups excluding tert-OH is 1. The van der Waals surface area contributed by atoms with Crippen molar-refractivity contribution in [1.29, 1.82) is 0 Å². The topological polar surface area (TPSA) is 61.6 Å². The van der Waals surface area contributed by atoms with Gasteiger partial charge in [0.05, 0.1) is 11.6 Å². The van der Waals surface area contributed by atoms with E-state index in [-0.39, 0.29) is 12.0 Å².